The quantitative estimate of drug-likeness (QED) is 0.694. The molecule has 3 rings (SSSR count). The SMILES string of the molecule is Cn1c(-c2ccc(F)cc2)nc2nc(Br)cnc21. The number of nitrogens with zero attached hydrogens (tertiary/aromatic N) is 4. The van der Waals surface area contributed by atoms with E-state index in [2.05, 4.69) is 30.9 Å². The maximum Gasteiger partial charge on any atom is 0.199 e. The molecule has 90 valence electrons. The van der Waals surface area contributed by atoms with Gasteiger partial charge in [0, 0.05) is 12.6 Å². The molecule has 0 saturated carbocycles. The summed E-state index contributed by atoms with van der Waals surface area (Å²) in [4.78, 5) is 12.9. The largest absolute Gasteiger partial charge is 0.310 e. The fourth-order valence-electron chi connectivity index (χ4n) is 1.80. The van der Waals surface area contributed by atoms with E-state index >= 15 is 0 Å². The van der Waals surface area contributed by atoms with Crippen LogP contribution in [0.5, 0.6) is 0 Å². The van der Waals surface area contributed by atoms with Crippen molar-refractivity contribution in [1.29, 1.82) is 0 Å². The molecule has 0 aliphatic heterocycles. The molecule has 2 heterocycles. The average Bonchev–Trinajstić information content (AvgIpc) is 2.67. The fourth-order valence-corrected chi connectivity index (χ4v) is 2.07. The predicted molar refractivity (Wildman–Crippen MR) is 69.4 cm³/mol. The maximum atomic E-state index is 12.9. The van der Waals surface area contributed by atoms with Crippen LogP contribution in [0.1, 0.15) is 0 Å². The lowest BCUT2D eigenvalue weighted by atomic mass is 10.2. The summed E-state index contributed by atoms with van der Waals surface area (Å²) in [7, 11) is 1.86. The van der Waals surface area contributed by atoms with Crippen LogP contribution in [-0.2, 0) is 7.05 Å². The second kappa shape index (κ2) is 4.13. The molecular weight excluding hydrogens is 299 g/mol. The number of halogens is 2. The second-order valence-electron chi connectivity index (χ2n) is 3.84. The highest BCUT2D eigenvalue weighted by molar-refractivity contribution is 9.10. The topological polar surface area (TPSA) is 43.6 Å². The van der Waals surface area contributed by atoms with E-state index in [1.54, 1.807) is 18.3 Å². The van der Waals surface area contributed by atoms with E-state index in [1.165, 1.54) is 12.1 Å². The minimum atomic E-state index is -0.267. The highest BCUT2D eigenvalue weighted by Crippen LogP contribution is 2.22. The highest BCUT2D eigenvalue weighted by Gasteiger charge is 2.12. The summed E-state index contributed by atoms with van der Waals surface area (Å²) in [5.74, 6) is 0.444. The predicted octanol–water partition coefficient (Wildman–Crippen LogP) is 2.93. The Hall–Kier alpha value is -1.82. The van der Waals surface area contributed by atoms with Gasteiger partial charge in [-0.1, -0.05) is 0 Å². The fraction of sp³-hybridized carbons (Fsp3) is 0.0833. The Labute approximate surface area is 111 Å². The van der Waals surface area contributed by atoms with Gasteiger partial charge < -0.3 is 4.57 Å². The van der Waals surface area contributed by atoms with Gasteiger partial charge in [0.2, 0.25) is 0 Å². The molecule has 0 atom stereocenters. The first kappa shape index (κ1) is 11.3. The number of hydrogen-bond acceptors (Lipinski definition) is 3. The molecule has 0 aliphatic rings. The number of aryl methyl sites for hydroxylation is 1. The molecule has 0 fully saturated rings. The summed E-state index contributed by atoms with van der Waals surface area (Å²) < 4.78 is 15.4. The number of fused-ring (bicyclic) bond motifs is 1. The average molecular weight is 307 g/mol. The molecule has 0 aliphatic carbocycles. The molecular formula is C12H8BrFN4. The van der Waals surface area contributed by atoms with Gasteiger partial charge in [-0.15, -0.1) is 0 Å². The zero-order valence-electron chi connectivity index (χ0n) is 9.43. The van der Waals surface area contributed by atoms with Crippen molar-refractivity contribution < 1.29 is 4.39 Å². The summed E-state index contributed by atoms with van der Waals surface area (Å²) >= 11 is 3.26. The molecule has 4 nitrogen and oxygen atoms in total. The minimum absolute atomic E-state index is 0.267. The molecule has 0 bridgehead atoms. The first-order valence-electron chi connectivity index (χ1n) is 5.26. The van der Waals surface area contributed by atoms with E-state index < -0.39 is 0 Å². The van der Waals surface area contributed by atoms with Crippen molar-refractivity contribution in [3.8, 4) is 11.4 Å². The standard InChI is InChI=1S/C12H8BrFN4/c1-18-11(7-2-4-8(14)5-3-7)17-10-12(18)15-6-9(13)16-10/h2-6H,1H3. The molecule has 0 amide bonds. The van der Waals surface area contributed by atoms with Crippen LogP contribution >= 0.6 is 15.9 Å². The normalized spacial score (nSPS) is 11.1. The van der Waals surface area contributed by atoms with Gasteiger partial charge in [0.05, 0.1) is 6.20 Å². The van der Waals surface area contributed by atoms with E-state index in [9.17, 15) is 4.39 Å². The van der Waals surface area contributed by atoms with Crippen molar-refractivity contribution in [2.75, 3.05) is 0 Å². The van der Waals surface area contributed by atoms with Gasteiger partial charge in [-0.25, -0.2) is 19.3 Å². The Morgan fingerprint density at radius 2 is 1.89 bits per heavy atom. The van der Waals surface area contributed by atoms with Gasteiger partial charge >= 0.3 is 0 Å². The molecule has 18 heavy (non-hydrogen) atoms. The van der Waals surface area contributed by atoms with Crippen LogP contribution in [0.25, 0.3) is 22.7 Å². The third-order valence-corrected chi connectivity index (χ3v) is 3.04. The minimum Gasteiger partial charge on any atom is -0.310 e. The third kappa shape index (κ3) is 1.78. The van der Waals surface area contributed by atoms with Gasteiger partial charge in [-0.3, -0.25) is 0 Å². The lowest BCUT2D eigenvalue weighted by Crippen LogP contribution is -1.94. The number of rotatable bonds is 1. The monoisotopic (exact) mass is 306 g/mol. The van der Waals surface area contributed by atoms with Crippen molar-refractivity contribution in [3.05, 3.63) is 40.9 Å². The molecule has 0 radical (unpaired) electrons. The van der Waals surface area contributed by atoms with Gasteiger partial charge in [-0.2, -0.15) is 0 Å². The lowest BCUT2D eigenvalue weighted by molar-refractivity contribution is 0.628. The van der Waals surface area contributed by atoms with Gasteiger partial charge in [0.1, 0.15) is 16.2 Å². The molecule has 3 aromatic rings. The smallest absolute Gasteiger partial charge is 0.199 e. The summed E-state index contributed by atoms with van der Waals surface area (Å²) in [6.07, 6.45) is 1.62. The molecule has 0 saturated heterocycles. The molecule has 6 heteroatoms. The van der Waals surface area contributed by atoms with Crippen molar-refractivity contribution >= 4 is 27.2 Å². The first-order chi connectivity index (χ1) is 8.65. The summed E-state index contributed by atoms with van der Waals surface area (Å²) in [6, 6.07) is 6.19. The Morgan fingerprint density at radius 1 is 1.17 bits per heavy atom. The van der Waals surface area contributed by atoms with Crippen LogP contribution in [0.15, 0.2) is 35.1 Å². The molecule has 0 spiro atoms. The highest BCUT2D eigenvalue weighted by atomic mass is 79.9. The molecule has 1 aromatic carbocycles. The third-order valence-electron chi connectivity index (χ3n) is 2.66. The van der Waals surface area contributed by atoms with Gasteiger partial charge in [0.15, 0.2) is 11.3 Å². The van der Waals surface area contributed by atoms with E-state index in [0.29, 0.717) is 21.7 Å². The van der Waals surface area contributed by atoms with E-state index in [-0.39, 0.29) is 5.82 Å². The maximum absolute atomic E-state index is 12.9. The number of benzene rings is 1. The number of aromatic nitrogens is 4. The Morgan fingerprint density at radius 3 is 2.61 bits per heavy atom. The van der Waals surface area contributed by atoms with Crippen molar-refractivity contribution in [2.45, 2.75) is 0 Å². The van der Waals surface area contributed by atoms with Gasteiger partial charge in [0.25, 0.3) is 0 Å². The Bertz CT molecular complexity index is 721. The van der Waals surface area contributed by atoms with E-state index in [4.69, 9.17) is 0 Å². The first-order valence-corrected chi connectivity index (χ1v) is 6.05. The number of imidazole rings is 1. The van der Waals surface area contributed by atoms with Crippen molar-refractivity contribution in [3.63, 3.8) is 0 Å². The van der Waals surface area contributed by atoms with Crippen LogP contribution in [0.3, 0.4) is 0 Å². The van der Waals surface area contributed by atoms with E-state index in [0.717, 1.165) is 5.56 Å². The van der Waals surface area contributed by atoms with Crippen LogP contribution in [0, 0.1) is 5.82 Å². The second-order valence-corrected chi connectivity index (χ2v) is 4.65. The van der Waals surface area contributed by atoms with Crippen LogP contribution in [-0.4, -0.2) is 19.5 Å². The van der Waals surface area contributed by atoms with E-state index in [1.807, 2.05) is 11.6 Å². The van der Waals surface area contributed by atoms with Crippen LogP contribution in [0.2, 0.25) is 0 Å². The number of hydrogen-bond donors (Lipinski definition) is 0. The lowest BCUT2D eigenvalue weighted by Gasteiger charge is -2.01. The molecule has 0 N–H and O–H groups in total. The summed E-state index contributed by atoms with van der Waals surface area (Å²) in [6.45, 7) is 0. The Kier molecular flexibility index (Phi) is 2.59. The van der Waals surface area contributed by atoms with Crippen molar-refractivity contribution in [1.82, 2.24) is 19.5 Å². The van der Waals surface area contributed by atoms with Crippen LogP contribution in [0.4, 0.5) is 4.39 Å². The summed E-state index contributed by atoms with van der Waals surface area (Å²) in [5.41, 5.74) is 2.08. The van der Waals surface area contributed by atoms with Crippen molar-refractivity contribution in [2.24, 2.45) is 7.05 Å². The zero-order chi connectivity index (χ0) is 12.7. The van der Waals surface area contributed by atoms with Gasteiger partial charge in [-0.05, 0) is 40.2 Å². The molecule has 2 aromatic heterocycles. The van der Waals surface area contributed by atoms with Crippen LogP contribution < -0.4 is 0 Å². The molecule has 0 unspecified atom stereocenters. The summed E-state index contributed by atoms with van der Waals surface area (Å²) in [5, 5.41) is 0. The Balaban J connectivity index is 2.23. The zero-order valence-corrected chi connectivity index (χ0v) is 11.0.